The standard InChI is InChI=1S/C30H26F6O2/c1-37-13-12-19-3-7-21(25(31)15-19)6-2-18-5-11-24-23(14-18)10-9-22(28(24)34)8-4-20-16-26(32)29(27(33)17-20)38-30(35)36/h3,5,7,9-11,14-17,30H,2,4,6,8,12-13H2,1H3. The minimum absolute atomic E-state index is 0.0964. The third kappa shape index (κ3) is 6.67. The lowest BCUT2D eigenvalue weighted by molar-refractivity contribution is -0.0546. The summed E-state index contributed by atoms with van der Waals surface area (Å²) >= 11 is 0. The first-order chi connectivity index (χ1) is 18.2. The van der Waals surface area contributed by atoms with Gasteiger partial charge in [0, 0.05) is 12.5 Å². The van der Waals surface area contributed by atoms with Crippen LogP contribution in [0.2, 0.25) is 0 Å². The molecular weight excluding hydrogens is 506 g/mol. The molecule has 0 spiro atoms. The lowest BCUT2D eigenvalue weighted by atomic mass is 9.97. The van der Waals surface area contributed by atoms with Gasteiger partial charge < -0.3 is 9.47 Å². The molecule has 0 atom stereocenters. The summed E-state index contributed by atoms with van der Waals surface area (Å²) in [7, 11) is 1.60. The van der Waals surface area contributed by atoms with Crippen LogP contribution in [0.1, 0.15) is 27.8 Å². The summed E-state index contributed by atoms with van der Waals surface area (Å²) in [6.45, 7) is -2.83. The molecule has 0 aromatic heterocycles. The number of halogens is 6. The van der Waals surface area contributed by atoms with E-state index in [2.05, 4.69) is 4.74 Å². The third-order valence-corrected chi connectivity index (χ3v) is 6.44. The molecule has 200 valence electrons. The van der Waals surface area contributed by atoms with E-state index in [-0.39, 0.29) is 24.2 Å². The van der Waals surface area contributed by atoms with E-state index in [1.807, 2.05) is 12.1 Å². The van der Waals surface area contributed by atoms with Crippen LogP contribution >= 0.6 is 0 Å². The molecule has 4 aromatic rings. The number of rotatable bonds is 11. The number of methoxy groups -OCH3 is 1. The lowest BCUT2D eigenvalue weighted by Gasteiger charge is -2.11. The molecule has 2 nitrogen and oxygen atoms in total. The van der Waals surface area contributed by atoms with Crippen molar-refractivity contribution in [2.75, 3.05) is 13.7 Å². The van der Waals surface area contributed by atoms with Crippen LogP contribution in [0.3, 0.4) is 0 Å². The molecule has 0 amide bonds. The van der Waals surface area contributed by atoms with E-state index in [0.717, 1.165) is 23.3 Å². The van der Waals surface area contributed by atoms with Gasteiger partial charge in [-0.1, -0.05) is 42.5 Å². The summed E-state index contributed by atoms with van der Waals surface area (Å²) < 4.78 is 91.2. The average Bonchev–Trinajstić information content (AvgIpc) is 2.88. The van der Waals surface area contributed by atoms with Gasteiger partial charge in [-0.2, -0.15) is 8.78 Å². The molecule has 0 fully saturated rings. The summed E-state index contributed by atoms with van der Waals surface area (Å²) in [6, 6.07) is 15.7. The Hall–Kier alpha value is -3.52. The number of benzene rings is 4. The van der Waals surface area contributed by atoms with Crippen molar-refractivity contribution in [2.45, 2.75) is 38.7 Å². The van der Waals surface area contributed by atoms with Gasteiger partial charge >= 0.3 is 6.61 Å². The molecule has 0 aliphatic carbocycles. The van der Waals surface area contributed by atoms with E-state index in [9.17, 15) is 22.0 Å². The SMILES string of the molecule is COCCc1ccc(CCc2ccc3c(F)c(CCc4cc(F)c(OC(F)F)c(F)c4)ccc3c2)c(F)c1. The normalized spacial score (nSPS) is 11.5. The van der Waals surface area contributed by atoms with Gasteiger partial charge in [-0.25, -0.2) is 17.6 Å². The van der Waals surface area contributed by atoms with Gasteiger partial charge in [-0.3, -0.25) is 0 Å². The molecular formula is C30H26F6O2. The molecule has 38 heavy (non-hydrogen) atoms. The van der Waals surface area contributed by atoms with E-state index in [1.54, 1.807) is 37.4 Å². The van der Waals surface area contributed by atoms with Crippen molar-refractivity contribution in [3.05, 3.63) is 112 Å². The Morgan fingerprint density at radius 3 is 1.92 bits per heavy atom. The van der Waals surface area contributed by atoms with E-state index < -0.39 is 29.8 Å². The molecule has 8 heteroatoms. The molecule has 0 saturated carbocycles. The summed E-state index contributed by atoms with van der Waals surface area (Å²) in [4.78, 5) is 0. The van der Waals surface area contributed by atoms with Crippen molar-refractivity contribution >= 4 is 10.8 Å². The van der Waals surface area contributed by atoms with Crippen LogP contribution in [0.25, 0.3) is 10.8 Å². The quantitative estimate of drug-likeness (QED) is 0.184. The zero-order valence-electron chi connectivity index (χ0n) is 20.7. The number of hydrogen-bond donors (Lipinski definition) is 0. The zero-order chi connectivity index (χ0) is 27.2. The highest BCUT2D eigenvalue weighted by Crippen LogP contribution is 2.28. The van der Waals surface area contributed by atoms with Crippen LogP contribution in [-0.4, -0.2) is 20.3 Å². The predicted molar refractivity (Wildman–Crippen MR) is 134 cm³/mol. The third-order valence-electron chi connectivity index (χ3n) is 6.44. The summed E-state index contributed by atoms with van der Waals surface area (Å²) in [5.74, 6) is -4.32. The maximum absolute atomic E-state index is 15.2. The van der Waals surface area contributed by atoms with Gasteiger partial charge in [-0.05, 0) is 83.5 Å². The van der Waals surface area contributed by atoms with Gasteiger partial charge in [0.2, 0.25) is 0 Å². The minimum Gasteiger partial charge on any atom is -0.429 e. The van der Waals surface area contributed by atoms with Crippen molar-refractivity contribution < 1.29 is 35.8 Å². The van der Waals surface area contributed by atoms with Gasteiger partial charge in [0.25, 0.3) is 0 Å². The Bertz CT molecular complexity index is 1400. The maximum atomic E-state index is 15.2. The van der Waals surface area contributed by atoms with Crippen LogP contribution in [-0.2, 0) is 36.8 Å². The van der Waals surface area contributed by atoms with E-state index in [4.69, 9.17) is 4.74 Å². The average molecular weight is 533 g/mol. The van der Waals surface area contributed by atoms with Gasteiger partial charge in [0.05, 0.1) is 6.61 Å². The van der Waals surface area contributed by atoms with E-state index in [1.165, 1.54) is 6.07 Å². The monoisotopic (exact) mass is 532 g/mol. The number of aryl methyl sites for hydroxylation is 4. The zero-order valence-corrected chi connectivity index (χ0v) is 20.7. The molecule has 4 rings (SSSR count). The molecule has 0 unspecified atom stereocenters. The molecule has 0 heterocycles. The summed E-state index contributed by atoms with van der Waals surface area (Å²) in [5.41, 5.74) is 2.96. The first-order valence-corrected chi connectivity index (χ1v) is 12.1. The molecule has 4 aromatic carbocycles. The maximum Gasteiger partial charge on any atom is 0.387 e. The number of ether oxygens (including phenoxy) is 2. The van der Waals surface area contributed by atoms with Crippen molar-refractivity contribution in [1.29, 1.82) is 0 Å². The second kappa shape index (κ2) is 12.3. The number of alkyl halides is 2. The smallest absolute Gasteiger partial charge is 0.387 e. The second-order valence-electron chi connectivity index (χ2n) is 9.03. The summed E-state index contributed by atoms with van der Waals surface area (Å²) in [5, 5.41) is 1.09. The first kappa shape index (κ1) is 27.5. The summed E-state index contributed by atoms with van der Waals surface area (Å²) in [6.07, 6.45) is 1.96. The van der Waals surface area contributed by atoms with Gasteiger partial charge in [0.1, 0.15) is 11.6 Å². The van der Waals surface area contributed by atoms with Crippen molar-refractivity contribution in [1.82, 2.24) is 0 Å². The van der Waals surface area contributed by atoms with Crippen LogP contribution in [0.5, 0.6) is 5.75 Å². The minimum atomic E-state index is -3.35. The molecule has 0 aliphatic heterocycles. The van der Waals surface area contributed by atoms with Crippen molar-refractivity contribution in [3.8, 4) is 5.75 Å². The van der Waals surface area contributed by atoms with Crippen molar-refractivity contribution in [3.63, 3.8) is 0 Å². The van der Waals surface area contributed by atoms with Crippen LogP contribution in [0.15, 0.2) is 60.7 Å². The van der Waals surface area contributed by atoms with Crippen LogP contribution in [0, 0.1) is 23.3 Å². The highest BCUT2D eigenvalue weighted by Gasteiger charge is 2.17. The van der Waals surface area contributed by atoms with E-state index in [0.29, 0.717) is 47.8 Å². The molecule has 0 bridgehead atoms. The predicted octanol–water partition coefficient (Wildman–Crippen LogP) is 7.76. The number of fused-ring (bicyclic) bond motifs is 1. The second-order valence-corrected chi connectivity index (χ2v) is 9.03. The highest BCUT2D eigenvalue weighted by molar-refractivity contribution is 5.84. The van der Waals surface area contributed by atoms with Crippen LogP contribution in [0.4, 0.5) is 26.3 Å². The molecule has 0 saturated heterocycles. The first-order valence-electron chi connectivity index (χ1n) is 12.1. The highest BCUT2D eigenvalue weighted by atomic mass is 19.3. The Morgan fingerprint density at radius 2 is 1.24 bits per heavy atom. The topological polar surface area (TPSA) is 18.5 Å². The largest absolute Gasteiger partial charge is 0.429 e. The fourth-order valence-electron chi connectivity index (χ4n) is 4.42. The van der Waals surface area contributed by atoms with Gasteiger partial charge in [0.15, 0.2) is 17.4 Å². The fourth-order valence-corrected chi connectivity index (χ4v) is 4.42. The Balaban J connectivity index is 1.43. The Labute approximate surface area is 216 Å². The fraction of sp³-hybridized carbons (Fsp3) is 0.267. The molecule has 0 aliphatic rings. The lowest BCUT2D eigenvalue weighted by Crippen LogP contribution is -2.06. The molecule has 0 radical (unpaired) electrons. The Morgan fingerprint density at radius 1 is 0.632 bits per heavy atom. The van der Waals surface area contributed by atoms with Gasteiger partial charge in [-0.15, -0.1) is 0 Å². The van der Waals surface area contributed by atoms with Crippen LogP contribution < -0.4 is 4.74 Å². The van der Waals surface area contributed by atoms with Crippen molar-refractivity contribution in [2.24, 2.45) is 0 Å². The number of hydrogen-bond acceptors (Lipinski definition) is 2. The Kier molecular flexibility index (Phi) is 8.94. The molecule has 0 N–H and O–H groups in total. The van der Waals surface area contributed by atoms with E-state index >= 15 is 4.39 Å².